The molecule has 2 aromatic rings. The predicted molar refractivity (Wildman–Crippen MR) is 107 cm³/mol. The molecule has 0 saturated heterocycles. The van der Waals surface area contributed by atoms with Crippen molar-refractivity contribution in [3.8, 4) is 17.6 Å². The zero-order valence-corrected chi connectivity index (χ0v) is 17.4. The minimum atomic E-state index is -1.45. The molecule has 160 valence electrons. The van der Waals surface area contributed by atoms with Crippen LogP contribution in [-0.2, 0) is 16.0 Å². The van der Waals surface area contributed by atoms with Gasteiger partial charge in [-0.15, -0.1) is 0 Å². The van der Waals surface area contributed by atoms with E-state index in [0.717, 1.165) is 0 Å². The fourth-order valence-electron chi connectivity index (χ4n) is 2.62. The predicted octanol–water partition coefficient (Wildman–Crippen LogP) is 3.09. The molecule has 0 amide bonds. The lowest BCUT2D eigenvalue weighted by Crippen LogP contribution is -2.40. The van der Waals surface area contributed by atoms with Crippen LogP contribution in [0.5, 0.6) is 11.5 Å². The van der Waals surface area contributed by atoms with Gasteiger partial charge in [0, 0.05) is 11.4 Å². The summed E-state index contributed by atoms with van der Waals surface area (Å²) in [4.78, 5) is 11.2. The highest BCUT2D eigenvalue weighted by Gasteiger charge is 2.15. The van der Waals surface area contributed by atoms with E-state index in [-0.39, 0.29) is 37.1 Å². The Morgan fingerprint density at radius 2 is 1.93 bits per heavy atom. The molecule has 0 bridgehead atoms. The lowest BCUT2D eigenvalue weighted by molar-refractivity contribution is -0.318. The van der Waals surface area contributed by atoms with E-state index in [0.29, 0.717) is 16.3 Å². The van der Waals surface area contributed by atoms with Crippen molar-refractivity contribution in [2.24, 2.45) is 0 Å². The van der Waals surface area contributed by atoms with E-state index in [4.69, 9.17) is 31.1 Å². The molecule has 6 nitrogen and oxygen atoms in total. The van der Waals surface area contributed by atoms with Gasteiger partial charge in [0.2, 0.25) is 0 Å². The number of carboxylic acid groups (broad SMARTS) is 1. The molecule has 0 spiro atoms. The third-order valence-corrected chi connectivity index (χ3v) is 4.17. The van der Waals surface area contributed by atoms with Gasteiger partial charge in [0.1, 0.15) is 36.9 Å². The molecule has 0 saturated carbocycles. The summed E-state index contributed by atoms with van der Waals surface area (Å²) in [7, 11) is 0. The maximum absolute atomic E-state index is 14.2. The number of carbonyl (C=O) groups is 1. The second-order valence-electron chi connectivity index (χ2n) is 6.82. The van der Waals surface area contributed by atoms with Gasteiger partial charge in [-0.25, -0.2) is 4.39 Å². The Labute approximate surface area is 179 Å². The Kier molecular flexibility index (Phi) is 8.90. The first-order valence-electron chi connectivity index (χ1n) is 9.33. The first-order valence-corrected chi connectivity index (χ1v) is 9.71. The Morgan fingerprint density at radius 3 is 2.60 bits per heavy atom. The van der Waals surface area contributed by atoms with Crippen LogP contribution >= 0.6 is 11.6 Å². The number of nitrogens with zero attached hydrogens (tertiary/aromatic N) is 1. The summed E-state index contributed by atoms with van der Waals surface area (Å²) in [5, 5.41) is 20.7. The Hall–Kier alpha value is -2.82. The van der Waals surface area contributed by atoms with Crippen molar-refractivity contribution in [2.45, 2.75) is 38.6 Å². The van der Waals surface area contributed by atoms with Gasteiger partial charge in [-0.05, 0) is 49.7 Å². The number of benzene rings is 2. The van der Waals surface area contributed by atoms with Gasteiger partial charge >= 0.3 is 0 Å². The smallest absolute Gasteiger partial charge is 0.168 e. The summed E-state index contributed by atoms with van der Waals surface area (Å²) in [6.45, 7) is 2.90. The van der Waals surface area contributed by atoms with Crippen molar-refractivity contribution in [1.82, 2.24) is 0 Å². The molecule has 0 heterocycles. The Bertz CT molecular complexity index is 899. The Morgan fingerprint density at radius 1 is 1.20 bits per heavy atom. The largest absolute Gasteiger partial charge is 0.547 e. The number of nitriles is 1. The first kappa shape index (κ1) is 23.5. The van der Waals surface area contributed by atoms with Crippen LogP contribution in [0.1, 0.15) is 25.0 Å². The van der Waals surface area contributed by atoms with Gasteiger partial charge in [0.15, 0.2) is 6.17 Å². The van der Waals surface area contributed by atoms with Crippen LogP contribution in [-0.4, -0.2) is 37.6 Å². The fraction of sp³-hybridized carbons (Fsp3) is 0.364. The molecule has 0 aliphatic carbocycles. The zero-order valence-electron chi connectivity index (χ0n) is 16.6. The highest BCUT2D eigenvalue weighted by molar-refractivity contribution is 6.30. The van der Waals surface area contributed by atoms with Crippen LogP contribution in [0, 0.1) is 11.3 Å². The quantitative estimate of drug-likeness (QED) is 0.539. The van der Waals surface area contributed by atoms with E-state index >= 15 is 0 Å². The topological polar surface area (TPSA) is 91.6 Å². The molecule has 2 aromatic carbocycles. The number of carboxylic acids is 1. The number of ether oxygens (including phenoxy) is 3. The van der Waals surface area contributed by atoms with Gasteiger partial charge in [-0.2, -0.15) is 5.26 Å². The molecule has 0 aromatic heterocycles. The van der Waals surface area contributed by atoms with Crippen LogP contribution in [0.25, 0.3) is 0 Å². The number of halogens is 2. The van der Waals surface area contributed by atoms with Crippen molar-refractivity contribution in [3.05, 3.63) is 58.6 Å². The summed E-state index contributed by atoms with van der Waals surface area (Å²) in [5.74, 6) is -0.666. The van der Waals surface area contributed by atoms with Gasteiger partial charge < -0.3 is 24.1 Å². The normalized spacial score (nSPS) is 12.8. The van der Waals surface area contributed by atoms with E-state index in [9.17, 15) is 14.3 Å². The molecular formula is C22H22ClFNO5-. The van der Waals surface area contributed by atoms with E-state index in [2.05, 4.69) is 0 Å². The molecule has 30 heavy (non-hydrogen) atoms. The van der Waals surface area contributed by atoms with Crippen molar-refractivity contribution in [2.75, 3.05) is 13.2 Å². The minimum absolute atomic E-state index is 0.105. The van der Waals surface area contributed by atoms with Crippen molar-refractivity contribution < 1.29 is 28.5 Å². The zero-order chi connectivity index (χ0) is 22.1. The molecule has 0 radical (unpaired) electrons. The maximum atomic E-state index is 14.2. The van der Waals surface area contributed by atoms with Crippen LogP contribution in [0.3, 0.4) is 0 Å². The summed E-state index contributed by atoms with van der Waals surface area (Å²) in [6, 6.07) is 13.1. The fourth-order valence-corrected chi connectivity index (χ4v) is 2.79. The monoisotopic (exact) mass is 434 g/mol. The van der Waals surface area contributed by atoms with Crippen LogP contribution in [0.15, 0.2) is 42.5 Å². The van der Waals surface area contributed by atoms with E-state index in [1.165, 1.54) is 12.1 Å². The minimum Gasteiger partial charge on any atom is -0.547 e. The van der Waals surface area contributed by atoms with E-state index in [1.54, 1.807) is 44.2 Å². The van der Waals surface area contributed by atoms with Crippen LogP contribution in [0.2, 0.25) is 5.02 Å². The standard InChI is InChI=1S/C22H23ClFNO5/c1-14(2)30-21(22(26)27)9-15-4-3-5-19(8-15)28-12-18(24)13-29-20-7-6-17(23)10-16(20)11-25/h3-8,10,14,18,21H,9,12-13H2,1-2H3,(H,26,27)/p-1/t18-,21-/m0/s1. The number of aliphatic carboxylic acids is 1. The summed E-state index contributed by atoms with van der Waals surface area (Å²) in [6.07, 6.45) is -2.69. The first-order chi connectivity index (χ1) is 14.3. The van der Waals surface area contributed by atoms with Crippen LogP contribution in [0.4, 0.5) is 4.39 Å². The lowest BCUT2D eigenvalue weighted by Gasteiger charge is -2.21. The number of carbonyl (C=O) groups excluding carboxylic acids is 1. The molecule has 2 atom stereocenters. The van der Waals surface area contributed by atoms with Gasteiger partial charge in [-0.3, -0.25) is 0 Å². The van der Waals surface area contributed by atoms with Gasteiger partial charge in [-0.1, -0.05) is 23.7 Å². The molecule has 0 aliphatic rings. The van der Waals surface area contributed by atoms with Crippen molar-refractivity contribution in [3.63, 3.8) is 0 Å². The molecule has 0 aliphatic heterocycles. The second-order valence-corrected chi connectivity index (χ2v) is 7.25. The second kappa shape index (κ2) is 11.4. The van der Waals surface area contributed by atoms with E-state index < -0.39 is 18.2 Å². The average molecular weight is 435 g/mol. The number of rotatable bonds is 11. The molecule has 8 heteroatoms. The van der Waals surface area contributed by atoms with Crippen molar-refractivity contribution in [1.29, 1.82) is 5.26 Å². The molecule has 0 unspecified atom stereocenters. The number of hydrogen-bond acceptors (Lipinski definition) is 6. The number of alkyl halides is 1. The molecule has 0 N–H and O–H groups in total. The average Bonchev–Trinajstić information content (AvgIpc) is 2.70. The number of hydrogen-bond donors (Lipinski definition) is 0. The third-order valence-electron chi connectivity index (χ3n) is 3.93. The summed E-state index contributed by atoms with van der Waals surface area (Å²) >= 11 is 5.82. The third kappa shape index (κ3) is 7.54. The van der Waals surface area contributed by atoms with E-state index in [1.807, 2.05) is 6.07 Å². The van der Waals surface area contributed by atoms with Crippen molar-refractivity contribution >= 4 is 17.6 Å². The highest BCUT2D eigenvalue weighted by atomic mass is 35.5. The van der Waals surface area contributed by atoms with Gasteiger partial charge in [0.05, 0.1) is 17.6 Å². The maximum Gasteiger partial charge on any atom is 0.168 e. The van der Waals surface area contributed by atoms with Crippen LogP contribution < -0.4 is 14.6 Å². The highest BCUT2D eigenvalue weighted by Crippen LogP contribution is 2.22. The van der Waals surface area contributed by atoms with Gasteiger partial charge in [0.25, 0.3) is 0 Å². The molecule has 0 fully saturated rings. The summed E-state index contributed by atoms with van der Waals surface area (Å²) < 4.78 is 30.3. The molecular weight excluding hydrogens is 413 g/mol. The Balaban J connectivity index is 1.89. The SMILES string of the molecule is CC(C)O[C@@H](Cc1cccc(OC[C@H](F)COc2ccc(Cl)cc2C#N)c1)C(=O)[O-]. The summed E-state index contributed by atoms with van der Waals surface area (Å²) in [5.41, 5.74) is 0.878. The molecule has 2 rings (SSSR count). The lowest BCUT2D eigenvalue weighted by atomic mass is 10.1.